The van der Waals surface area contributed by atoms with Crippen molar-refractivity contribution in [3.8, 4) is 0 Å². The van der Waals surface area contributed by atoms with Crippen LogP contribution in [0, 0.1) is 0 Å². The fourth-order valence-corrected chi connectivity index (χ4v) is 5.47. The molecule has 0 radical (unpaired) electrons. The lowest BCUT2D eigenvalue weighted by atomic mass is 10.2. The Bertz CT molecular complexity index is 1180. The van der Waals surface area contributed by atoms with Crippen LogP contribution in [0.4, 0.5) is 0 Å². The van der Waals surface area contributed by atoms with Crippen molar-refractivity contribution < 1.29 is 16.8 Å². The molecule has 0 spiro atoms. The van der Waals surface area contributed by atoms with Crippen LogP contribution < -0.4 is 0 Å². The summed E-state index contributed by atoms with van der Waals surface area (Å²) >= 11 is 0. The van der Waals surface area contributed by atoms with Crippen LogP contribution in [0.5, 0.6) is 0 Å². The molecule has 0 atom stereocenters. The average molecular weight is 407 g/mol. The molecule has 3 aromatic rings. The van der Waals surface area contributed by atoms with Crippen molar-refractivity contribution in [3.63, 3.8) is 0 Å². The molecular weight excluding hydrogens is 384 g/mol. The molecule has 0 bridgehead atoms. The van der Waals surface area contributed by atoms with E-state index in [1.54, 1.807) is 12.1 Å². The third-order valence-electron chi connectivity index (χ3n) is 4.39. The van der Waals surface area contributed by atoms with Crippen molar-refractivity contribution in [1.29, 1.82) is 0 Å². The Kier molecular flexibility index (Phi) is 5.16. The molecule has 1 heterocycles. The topological polar surface area (TPSA) is 76.5 Å². The van der Waals surface area contributed by atoms with Crippen LogP contribution in [-0.2, 0) is 26.5 Å². The molecule has 0 unspecified atom stereocenters. The summed E-state index contributed by atoms with van der Waals surface area (Å²) in [4.78, 5) is 0.108. The van der Waals surface area contributed by atoms with E-state index in [1.807, 2.05) is 25.1 Å². The normalized spacial score (nSPS) is 12.7. The highest BCUT2D eigenvalue weighted by Gasteiger charge is 2.24. The maximum Gasteiger partial charge on any atom is 0.268 e. The standard InChI is InChI=1S/C19H22N2O4S2/c1-4-7-16-14-15-8-5-6-9-19(15)21(16)27(24,25)18-12-10-17(11-13-18)26(22,23)20(2)3/h5-6,8-14H,4,7H2,1-3H3. The zero-order chi connectivity index (χ0) is 19.8. The van der Waals surface area contributed by atoms with Crippen LogP contribution in [0.15, 0.2) is 64.4 Å². The second-order valence-corrected chi connectivity index (χ2v) is 10.4. The number of rotatable bonds is 6. The molecule has 3 rings (SSSR count). The minimum Gasteiger partial charge on any atom is -0.238 e. The lowest BCUT2D eigenvalue weighted by molar-refractivity contribution is 0.520. The van der Waals surface area contributed by atoms with Gasteiger partial charge in [0.2, 0.25) is 10.0 Å². The zero-order valence-corrected chi connectivity index (χ0v) is 17.1. The second-order valence-electron chi connectivity index (χ2n) is 6.47. The molecule has 27 heavy (non-hydrogen) atoms. The summed E-state index contributed by atoms with van der Waals surface area (Å²) in [6.07, 6.45) is 1.44. The van der Waals surface area contributed by atoms with Gasteiger partial charge in [0.1, 0.15) is 0 Å². The van der Waals surface area contributed by atoms with Gasteiger partial charge < -0.3 is 0 Å². The third kappa shape index (κ3) is 3.40. The van der Waals surface area contributed by atoms with Gasteiger partial charge in [0, 0.05) is 25.2 Å². The molecule has 0 aliphatic rings. The Hall–Kier alpha value is -2.16. The van der Waals surface area contributed by atoms with Gasteiger partial charge in [-0.25, -0.2) is 25.1 Å². The first kappa shape index (κ1) is 19.6. The van der Waals surface area contributed by atoms with Gasteiger partial charge >= 0.3 is 0 Å². The monoisotopic (exact) mass is 406 g/mol. The largest absolute Gasteiger partial charge is 0.268 e. The summed E-state index contributed by atoms with van der Waals surface area (Å²) in [7, 11) is -4.60. The summed E-state index contributed by atoms with van der Waals surface area (Å²) in [5, 5.41) is 0.858. The van der Waals surface area contributed by atoms with E-state index in [4.69, 9.17) is 0 Å². The number of para-hydroxylation sites is 1. The average Bonchev–Trinajstić information content (AvgIpc) is 3.00. The molecule has 0 aliphatic heterocycles. The Balaban J connectivity index is 2.15. The van der Waals surface area contributed by atoms with E-state index >= 15 is 0 Å². The Labute approximate surface area is 160 Å². The fourth-order valence-electron chi connectivity index (χ4n) is 3.00. The lowest BCUT2D eigenvalue weighted by Crippen LogP contribution is -2.22. The first-order valence-electron chi connectivity index (χ1n) is 8.57. The first-order chi connectivity index (χ1) is 12.7. The highest BCUT2D eigenvalue weighted by atomic mass is 32.2. The van der Waals surface area contributed by atoms with Gasteiger partial charge in [-0.2, -0.15) is 0 Å². The summed E-state index contributed by atoms with van der Waals surface area (Å²) < 4.78 is 53.5. The van der Waals surface area contributed by atoms with Crippen LogP contribution in [0.3, 0.4) is 0 Å². The predicted octanol–water partition coefficient (Wildman–Crippen LogP) is 3.08. The van der Waals surface area contributed by atoms with E-state index in [-0.39, 0.29) is 9.79 Å². The maximum absolute atomic E-state index is 13.3. The van der Waals surface area contributed by atoms with Crippen LogP contribution in [0.2, 0.25) is 0 Å². The molecular formula is C19H22N2O4S2. The number of hydrogen-bond acceptors (Lipinski definition) is 4. The van der Waals surface area contributed by atoms with Gasteiger partial charge in [0.05, 0.1) is 15.3 Å². The lowest BCUT2D eigenvalue weighted by Gasteiger charge is -2.14. The van der Waals surface area contributed by atoms with Crippen LogP contribution >= 0.6 is 0 Å². The smallest absolute Gasteiger partial charge is 0.238 e. The number of aryl methyl sites for hydroxylation is 1. The highest BCUT2D eigenvalue weighted by molar-refractivity contribution is 7.90. The van der Waals surface area contributed by atoms with Crippen molar-refractivity contribution in [2.24, 2.45) is 0 Å². The summed E-state index contributed by atoms with van der Waals surface area (Å²) in [6, 6.07) is 14.6. The van der Waals surface area contributed by atoms with Crippen molar-refractivity contribution in [2.75, 3.05) is 14.1 Å². The SMILES string of the molecule is CCCc1cc2ccccc2n1S(=O)(=O)c1ccc(S(=O)(=O)N(C)C)cc1. The third-order valence-corrected chi connectivity index (χ3v) is 7.99. The molecule has 1 aromatic heterocycles. The van der Waals surface area contributed by atoms with E-state index in [2.05, 4.69) is 0 Å². The van der Waals surface area contributed by atoms with Gasteiger partial charge in [0.25, 0.3) is 10.0 Å². The van der Waals surface area contributed by atoms with E-state index < -0.39 is 20.0 Å². The van der Waals surface area contributed by atoms with Gasteiger partial charge in [-0.05, 0) is 42.8 Å². The molecule has 0 saturated heterocycles. The van der Waals surface area contributed by atoms with Crippen molar-refractivity contribution in [3.05, 3.63) is 60.3 Å². The summed E-state index contributed by atoms with van der Waals surface area (Å²) in [6.45, 7) is 2.00. The Morgan fingerprint density at radius 2 is 1.48 bits per heavy atom. The van der Waals surface area contributed by atoms with Gasteiger partial charge in [-0.3, -0.25) is 0 Å². The van der Waals surface area contributed by atoms with Crippen molar-refractivity contribution >= 4 is 30.9 Å². The van der Waals surface area contributed by atoms with Gasteiger partial charge in [-0.15, -0.1) is 0 Å². The van der Waals surface area contributed by atoms with E-state index in [9.17, 15) is 16.8 Å². The molecule has 0 amide bonds. The van der Waals surface area contributed by atoms with Crippen LogP contribution in [0.1, 0.15) is 19.0 Å². The van der Waals surface area contributed by atoms with Crippen LogP contribution in [-0.4, -0.2) is 39.2 Å². The van der Waals surface area contributed by atoms with E-state index in [0.717, 1.165) is 16.1 Å². The maximum atomic E-state index is 13.3. The fraction of sp³-hybridized carbons (Fsp3) is 0.263. The number of benzene rings is 2. The van der Waals surface area contributed by atoms with E-state index in [0.29, 0.717) is 17.6 Å². The number of sulfonamides is 1. The second kappa shape index (κ2) is 7.10. The molecule has 0 aliphatic carbocycles. The molecule has 2 aromatic carbocycles. The predicted molar refractivity (Wildman–Crippen MR) is 106 cm³/mol. The quantitative estimate of drug-likeness (QED) is 0.630. The number of aromatic nitrogens is 1. The minimum absolute atomic E-state index is 0.0533. The number of hydrogen-bond donors (Lipinski definition) is 0. The van der Waals surface area contributed by atoms with Crippen molar-refractivity contribution in [1.82, 2.24) is 8.28 Å². The van der Waals surface area contributed by atoms with Crippen molar-refractivity contribution in [2.45, 2.75) is 29.6 Å². The Morgan fingerprint density at radius 3 is 2.07 bits per heavy atom. The summed E-state index contributed by atoms with van der Waals surface area (Å²) in [5.41, 5.74) is 1.33. The zero-order valence-electron chi connectivity index (χ0n) is 15.5. The van der Waals surface area contributed by atoms with Gasteiger partial charge in [-0.1, -0.05) is 31.5 Å². The molecule has 144 valence electrons. The first-order valence-corrected chi connectivity index (χ1v) is 11.4. The summed E-state index contributed by atoms with van der Waals surface area (Å²) in [5.74, 6) is 0. The molecule has 0 fully saturated rings. The Morgan fingerprint density at radius 1 is 0.889 bits per heavy atom. The minimum atomic E-state index is -3.85. The molecule has 0 N–H and O–H groups in total. The number of nitrogens with zero attached hydrogens (tertiary/aromatic N) is 2. The highest BCUT2D eigenvalue weighted by Crippen LogP contribution is 2.27. The van der Waals surface area contributed by atoms with Gasteiger partial charge in [0.15, 0.2) is 0 Å². The van der Waals surface area contributed by atoms with E-state index in [1.165, 1.54) is 42.3 Å². The molecule has 6 nitrogen and oxygen atoms in total. The number of fused-ring (bicyclic) bond motifs is 1. The van der Waals surface area contributed by atoms with Crippen LogP contribution in [0.25, 0.3) is 10.9 Å². The molecule has 0 saturated carbocycles. The molecule has 8 heteroatoms.